The van der Waals surface area contributed by atoms with Crippen LogP contribution >= 0.6 is 0 Å². The van der Waals surface area contributed by atoms with Gasteiger partial charge in [-0.1, -0.05) is 0 Å². The van der Waals surface area contributed by atoms with Crippen molar-refractivity contribution in [1.82, 2.24) is 15.2 Å². The van der Waals surface area contributed by atoms with Crippen LogP contribution in [-0.4, -0.2) is 36.4 Å². The van der Waals surface area contributed by atoms with E-state index in [-0.39, 0.29) is 11.9 Å². The number of nitrogens with one attached hydrogen (secondary N) is 2. The second-order valence-corrected chi connectivity index (χ2v) is 6.34. The lowest BCUT2D eigenvalue weighted by Crippen LogP contribution is -2.34. The summed E-state index contributed by atoms with van der Waals surface area (Å²) < 4.78 is 5.47. The zero-order valence-corrected chi connectivity index (χ0v) is 14.5. The van der Waals surface area contributed by atoms with Crippen LogP contribution in [0.15, 0.2) is 41.0 Å². The van der Waals surface area contributed by atoms with Gasteiger partial charge in [0.1, 0.15) is 5.76 Å². The van der Waals surface area contributed by atoms with Gasteiger partial charge in [0.05, 0.1) is 12.3 Å². The molecule has 0 aliphatic rings. The Morgan fingerprint density at radius 2 is 2.08 bits per heavy atom. The maximum Gasteiger partial charge on any atom is 0.251 e. The number of fused-ring (bicyclic) bond motifs is 1. The van der Waals surface area contributed by atoms with Crippen molar-refractivity contribution in [1.29, 1.82) is 0 Å². The molecule has 3 rings (SSSR count). The lowest BCUT2D eigenvalue weighted by Gasteiger charge is -2.22. The van der Waals surface area contributed by atoms with Crippen LogP contribution in [0, 0.1) is 13.8 Å². The molecule has 1 aromatic carbocycles. The summed E-state index contributed by atoms with van der Waals surface area (Å²) in [4.78, 5) is 17.9. The van der Waals surface area contributed by atoms with E-state index in [4.69, 9.17) is 4.42 Å². The Morgan fingerprint density at radius 3 is 2.75 bits per heavy atom. The Balaban J connectivity index is 1.76. The summed E-state index contributed by atoms with van der Waals surface area (Å²) in [6.07, 6.45) is 1.65. The van der Waals surface area contributed by atoms with Gasteiger partial charge in [0, 0.05) is 28.7 Å². The Labute approximate surface area is 141 Å². The van der Waals surface area contributed by atoms with Crippen LogP contribution in [-0.2, 0) is 0 Å². The second-order valence-electron chi connectivity index (χ2n) is 6.34. The van der Waals surface area contributed by atoms with Crippen LogP contribution in [0.25, 0.3) is 10.9 Å². The Hall–Kier alpha value is -2.53. The molecular weight excluding hydrogens is 302 g/mol. The summed E-state index contributed by atoms with van der Waals surface area (Å²) >= 11 is 0. The number of carbonyl (C=O) groups is 1. The molecule has 0 radical (unpaired) electrons. The number of aryl methyl sites for hydroxylation is 2. The molecule has 2 heterocycles. The second kappa shape index (κ2) is 6.53. The van der Waals surface area contributed by atoms with E-state index in [0.29, 0.717) is 12.1 Å². The van der Waals surface area contributed by atoms with Gasteiger partial charge in [-0.3, -0.25) is 9.69 Å². The number of aromatic amines is 1. The molecule has 5 nitrogen and oxygen atoms in total. The van der Waals surface area contributed by atoms with Gasteiger partial charge in [-0.05, 0) is 63.8 Å². The van der Waals surface area contributed by atoms with Crippen LogP contribution in [0.3, 0.4) is 0 Å². The van der Waals surface area contributed by atoms with Crippen molar-refractivity contribution >= 4 is 16.8 Å². The number of aromatic nitrogens is 1. The fourth-order valence-electron chi connectivity index (χ4n) is 2.91. The fourth-order valence-corrected chi connectivity index (χ4v) is 2.91. The summed E-state index contributed by atoms with van der Waals surface area (Å²) in [5.41, 5.74) is 4.04. The van der Waals surface area contributed by atoms with Crippen LogP contribution in [0.2, 0.25) is 0 Å². The highest BCUT2D eigenvalue weighted by atomic mass is 16.3. The summed E-state index contributed by atoms with van der Waals surface area (Å²) in [5.74, 6) is 0.765. The van der Waals surface area contributed by atoms with Crippen LogP contribution in [0.4, 0.5) is 0 Å². The molecule has 0 saturated heterocycles. The van der Waals surface area contributed by atoms with E-state index < -0.39 is 0 Å². The highest BCUT2D eigenvalue weighted by Gasteiger charge is 2.18. The van der Waals surface area contributed by atoms with Crippen LogP contribution in [0.1, 0.15) is 33.4 Å². The smallest absolute Gasteiger partial charge is 0.251 e. The number of hydrogen-bond donors (Lipinski definition) is 2. The third-order valence-electron chi connectivity index (χ3n) is 4.52. The number of benzene rings is 1. The first-order valence-corrected chi connectivity index (χ1v) is 8.04. The topological polar surface area (TPSA) is 61.3 Å². The van der Waals surface area contributed by atoms with Gasteiger partial charge in [-0.2, -0.15) is 0 Å². The molecule has 5 heteroatoms. The quantitative estimate of drug-likeness (QED) is 0.756. The molecule has 2 aromatic heterocycles. The predicted octanol–water partition coefficient (Wildman–Crippen LogP) is 3.41. The molecule has 0 bridgehead atoms. The molecule has 24 heavy (non-hydrogen) atoms. The SMILES string of the molecule is Cc1[nH]c2ccc(C(=O)NC[C@@H](c3ccco3)N(C)C)cc2c1C. The zero-order valence-electron chi connectivity index (χ0n) is 14.5. The van der Waals surface area contributed by atoms with E-state index in [0.717, 1.165) is 22.4 Å². The number of furan rings is 1. The Bertz CT molecular complexity index is 847. The number of H-pyrrole nitrogens is 1. The lowest BCUT2D eigenvalue weighted by molar-refractivity contribution is 0.0939. The van der Waals surface area contributed by atoms with Gasteiger partial charge < -0.3 is 14.7 Å². The largest absolute Gasteiger partial charge is 0.468 e. The summed E-state index contributed by atoms with van der Waals surface area (Å²) in [5, 5.41) is 4.10. The van der Waals surface area contributed by atoms with E-state index in [9.17, 15) is 4.79 Å². The Morgan fingerprint density at radius 1 is 1.29 bits per heavy atom. The first kappa shape index (κ1) is 16.3. The summed E-state index contributed by atoms with van der Waals surface area (Å²) in [6, 6.07) is 9.54. The molecule has 0 aliphatic heterocycles. The first-order chi connectivity index (χ1) is 11.5. The van der Waals surface area contributed by atoms with Crippen molar-refractivity contribution in [3.63, 3.8) is 0 Å². The first-order valence-electron chi connectivity index (χ1n) is 8.04. The number of nitrogens with zero attached hydrogens (tertiary/aromatic N) is 1. The normalized spacial score (nSPS) is 12.7. The van der Waals surface area contributed by atoms with E-state index in [2.05, 4.69) is 17.2 Å². The molecule has 0 unspecified atom stereocenters. The maximum absolute atomic E-state index is 12.5. The number of likely N-dealkylation sites (N-methyl/N-ethyl adjacent to an activating group) is 1. The van der Waals surface area contributed by atoms with Crippen molar-refractivity contribution in [2.75, 3.05) is 20.6 Å². The fraction of sp³-hybridized carbons (Fsp3) is 0.316. The van der Waals surface area contributed by atoms with Gasteiger partial charge in [-0.15, -0.1) is 0 Å². The van der Waals surface area contributed by atoms with E-state index in [1.54, 1.807) is 6.26 Å². The molecular formula is C19H23N3O2. The average Bonchev–Trinajstić information content (AvgIpc) is 3.16. The van der Waals surface area contributed by atoms with Gasteiger partial charge in [-0.25, -0.2) is 0 Å². The van der Waals surface area contributed by atoms with E-state index in [1.807, 2.05) is 56.3 Å². The average molecular weight is 325 g/mol. The number of amides is 1. The molecule has 0 spiro atoms. The number of hydrogen-bond acceptors (Lipinski definition) is 3. The predicted molar refractivity (Wildman–Crippen MR) is 95.2 cm³/mol. The zero-order chi connectivity index (χ0) is 17.3. The highest BCUT2D eigenvalue weighted by molar-refractivity contribution is 5.99. The number of carbonyl (C=O) groups excluding carboxylic acids is 1. The van der Waals surface area contributed by atoms with Crippen molar-refractivity contribution in [2.24, 2.45) is 0 Å². The molecule has 0 fully saturated rings. The van der Waals surface area contributed by atoms with Gasteiger partial charge in [0.2, 0.25) is 0 Å². The van der Waals surface area contributed by atoms with Gasteiger partial charge in [0.25, 0.3) is 5.91 Å². The van der Waals surface area contributed by atoms with Gasteiger partial charge in [0.15, 0.2) is 0 Å². The Kier molecular flexibility index (Phi) is 4.44. The molecule has 1 amide bonds. The van der Waals surface area contributed by atoms with Gasteiger partial charge >= 0.3 is 0 Å². The summed E-state index contributed by atoms with van der Waals surface area (Å²) in [6.45, 7) is 4.59. The van der Waals surface area contributed by atoms with E-state index >= 15 is 0 Å². The van der Waals surface area contributed by atoms with Crippen molar-refractivity contribution in [3.05, 3.63) is 59.2 Å². The van der Waals surface area contributed by atoms with Crippen LogP contribution < -0.4 is 5.32 Å². The monoisotopic (exact) mass is 325 g/mol. The third-order valence-corrected chi connectivity index (χ3v) is 4.52. The molecule has 0 saturated carbocycles. The minimum absolute atomic E-state index is 0.00363. The molecule has 2 N–H and O–H groups in total. The molecule has 0 aliphatic carbocycles. The maximum atomic E-state index is 12.5. The lowest BCUT2D eigenvalue weighted by atomic mass is 10.1. The summed E-state index contributed by atoms with van der Waals surface area (Å²) in [7, 11) is 3.94. The molecule has 1 atom stereocenters. The van der Waals surface area contributed by atoms with E-state index in [1.165, 1.54) is 5.56 Å². The number of rotatable bonds is 5. The third kappa shape index (κ3) is 3.08. The van der Waals surface area contributed by atoms with Crippen molar-refractivity contribution < 1.29 is 9.21 Å². The molecule has 126 valence electrons. The van der Waals surface area contributed by atoms with Crippen molar-refractivity contribution in [2.45, 2.75) is 19.9 Å². The highest BCUT2D eigenvalue weighted by Crippen LogP contribution is 2.23. The van der Waals surface area contributed by atoms with Crippen molar-refractivity contribution in [3.8, 4) is 0 Å². The minimum atomic E-state index is -0.0754. The minimum Gasteiger partial charge on any atom is -0.468 e. The standard InChI is InChI=1S/C19H23N3O2/c1-12-13(2)21-16-8-7-14(10-15(12)16)19(23)20-11-17(22(3)4)18-6-5-9-24-18/h5-10,17,21H,11H2,1-4H3,(H,20,23)/t17-/m0/s1. The molecule has 3 aromatic rings. The van der Waals surface area contributed by atoms with Crippen LogP contribution in [0.5, 0.6) is 0 Å².